The summed E-state index contributed by atoms with van der Waals surface area (Å²) < 4.78 is 41.9. The molecule has 5 nitrogen and oxygen atoms in total. The number of rotatable bonds is 10. The Kier molecular flexibility index (Phi) is 9.15. The second-order valence-corrected chi connectivity index (χ2v) is 14.1. The van der Waals surface area contributed by atoms with E-state index >= 15 is 0 Å². The molecule has 1 aromatic rings. The van der Waals surface area contributed by atoms with E-state index in [0.717, 1.165) is 12.8 Å². The third kappa shape index (κ3) is 6.88. The summed E-state index contributed by atoms with van der Waals surface area (Å²) in [7, 11) is -3.17. The van der Waals surface area contributed by atoms with Gasteiger partial charge in [-0.25, -0.2) is 0 Å². The lowest BCUT2D eigenvalue weighted by atomic mass is 9.56. The van der Waals surface area contributed by atoms with Crippen LogP contribution in [-0.2, 0) is 16.5 Å². The molecule has 0 aliphatic carbocycles. The Labute approximate surface area is 203 Å². The van der Waals surface area contributed by atoms with Crippen molar-refractivity contribution in [3.63, 3.8) is 0 Å². The largest absolute Gasteiger partial charge is 0.504 e. The van der Waals surface area contributed by atoms with E-state index in [-0.39, 0.29) is 38.6 Å². The minimum atomic E-state index is -4.59. The first-order chi connectivity index (χ1) is 14.7. The Balaban J connectivity index is 4.29. The first-order valence-corrected chi connectivity index (χ1v) is 13.5. The van der Waals surface area contributed by atoms with Gasteiger partial charge >= 0.3 is 0 Å². The number of phenols is 1. The van der Waals surface area contributed by atoms with Crippen LogP contribution in [0, 0.1) is 29.1 Å². The van der Waals surface area contributed by atoms with Crippen molar-refractivity contribution in [1.29, 1.82) is 0 Å². The van der Waals surface area contributed by atoms with E-state index < -0.39 is 10.1 Å². The van der Waals surface area contributed by atoms with Gasteiger partial charge in [0.15, 0.2) is 11.5 Å². The maximum absolute atomic E-state index is 13.0. The molecule has 0 fully saturated rings. The fourth-order valence-corrected chi connectivity index (χ4v) is 7.75. The average molecular weight is 485 g/mol. The maximum atomic E-state index is 13.0. The van der Waals surface area contributed by atoms with E-state index in [1.807, 2.05) is 6.92 Å². The van der Waals surface area contributed by atoms with Gasteiger partial charge in [0.2, 0.25) is 0 Å². The normalized spacial score (nSPS) is 14.6. The van der Waals surface area contributed by atoms with Gasteiger partial charge in [-0.3, -0.25) is 4.55 Å². The number of methoxy groups -OCH3 is 1. The van der Waals surface area contributed by atoms with E-state index in [1.165, 1.54) is 7.11 Å². The highest BCUT2D eigenvalue weighted by atomic mass is 32.2. The summed E-state index contributed by atoms with van der Waals surface area (Å²) in [5, 5.41) is 11.2. The molecule has 0 bridgehead atoms. The van der Waals surface area contributed by atoms with Crippen LogP contribution in [0.15, 0.2) is 4.90 Å². The molecular weight excluding hydrogens is 436 g/mol. The smallest absolute Gasteiger partial charge is 0.295 e. The van der Waals surface area contributed by atoms with Crippen molar-refractivity contribution in [1.82, 2.24) is 0 Å². The van der Waals surface area contributed by atoms with Crippen molar-refractivity contribution in [2.45, 2.75) is 113 Å². The van der Waals surface area contributed by atoms with Crippen LogP contribution < -0.4 is 4.74 Å². The molecule has 2 N–H and O–H groups in total. The number of hydrogen-bond acceptors (Lipinski definition) is 4. The molecule has 1 aromatic carbocycles. The summed E-state index contributed by atoms with van der Waals surface area (Å²) in [5.74, 6) is 0.250. The third-order valence-electron chi connectivity index (χ3n) is 6.50. The third-order valence-corrected chi connectivity index (χ3v) is 7.48. The first kappa shape index (κ1) is 29.8. The Morgan fingerprint density at radius 2 is 1.52 bits per heavy atom. The second kappa shape index (κ2) is 10.2. The van der Waals surface area contributed by atoms with Gasteiger partial charge in [0.05, 0.1) is 7.11 Å². The zero-order chi connectivity index (χ0) is 26.2. The van der Waals surface area contributed by atoms with E-state index in [4.69, 9.17) is 4.74 Å². The summed E-state index contributed by atoms with van der Waals surface area (Å²) in [6.07, 6.45) is 2.72. The highest BCUT2D eigenvalue weighted by Gasteiger charge is 2.47. The lowest BCUT2D eigenvalue weighted by Crippen LogP contribution is -2.39. The van der Waals surface area contributed by atoms with Gasteiger partial charge in [0.25, 0.3) is 10.1 Å². The molecular formula is C27H48O5S. The molecule has 0 amide bonds. The van der Waals surface area contributed by atoms with Crippen LogP contribution in [0.25, 0.3) is 0 Å². The minimum Gasteiger partial charge on any atom is -0.504 e. The molecule has 6 heteroatoms. The topological polar surface area (TPSA) is 83.8 Å². The van der Waals surface area contributed by atoms with E-state index in [2.05, 4.69) is 62.3 Å². The van der Waals surface area contributed by atoms with Crippen molar-refractivity contribution in [2.75, 3.05) is 7.11 Å². The van der Waals surface area contributed by atoms with Gasteiger partial charge in [0, 0.05) is 5.56 Å². The first-order valence-electron chi connectivity index (χ1n) is 12.1. The van der Waals surface area contributed by atoms with Crippen LogP contribution in [0.2, 0.25) is 0 Å². The quantitative estimate of drug-likeness (QED) is 0.335. The SMILES string of the molecule is CCCc1c(OC)c(O)c(C)c(C(C(C)(C)CC(C)C)C(C)(C)CC(C)(C)C)c1S(=O)(=O)O. The fraction of sp³-hybridized carbons (Fsp3) is 0.778. The minimum absolute atomic E-state index is 0.00256. The fourth-order valence-electron chi connectivity index (χ4n) is 6.69. The van der Waals surface area contributed by atoms with Crippen molar-refractivity contribution in [3.05, 3.63) is 16.7 Å². The van der Waals surface area contributed by atoms with Gasteiger partial charge in [0.1, 0.15) is 4.90 Å². The van der Waals surface area contributed by atoms with Crippen LogP contribution >= 0.6 is 0 Å². The van der Waals surface area contributed by atoms with Crippen molar-refractivity contribution in [2.24, 2.45) is 22.2 Å². The van der Waals surface area contributed by atoms with E-state index in [9.17, 15) is 18.1 Å². The number of aromatic hydroxyl groups is 1. The van der Waals surface area contributed by atoms with Crippen LogP contribution in [0.1, 0.15) is 111 Å². The molecule has 1 atom stereocenters. The monoisotopic (exact) mass is 484 g/mol. The Morgan fingerprint density at radius 1 is 1.00 bits per heavy atom. The number of benzene rings is 1. The number of ether oxygens (including phenoxy) is 1. The van der Waals surface area contributed by atoms with Gasteiger partial charge in [-0.05, 0) is 65.4 Å². The predicted molar refractivity (Wildman–Crippen MR) is 137 cm³/mol. The molecule has 192 valence electrons. The zero-order valence-corrected chi connectivity index (χ0v) is 23.8. The molecule has 0 saturated heterocycles. The lowest BCUT2D eigenvalue weighted by molar-refractivity contribution is 0.0765. The van der Waals surface area contributed by atoms with E-state index in [1.54, 1.807) is 6.92 Å². The van der Waals surface area contributed by atoms with Crippen LogP contribution in [-0.4, -0.2) is 25.2 Å². The number of phenolic OH excluding ortho intramolecular Hbond substituents is 1. The molecule has 0 aliphatic heterocycles. The second-order valence-electron chi connectivity index (χ2n) is 12.7. The van der Waals surface area contributed by atoms with Crippen LogP contribution in [0.3, 0.4) is 0 Å². The molecule has 33 heavy (non-hydrogen) atoms. The van der Waals surface area contributed by atoms with Gasteiger partial charge in [-0.2, -0.15) is 8.42 Å². The summed E-state index contributed by atoms with van der Waals surface area (Å²) in [6, 6.07) is 0. The molecule has 0 saturated carbocycles. The van der Waals surface area contributed by atoms with Crippen molar-refractivity contribution >= 4 is 10.1 Å². The lowest BCUT2D eigenvalue weighted by Gasteiger charge is -2.49. The molecule has 0 spiro atoms. The van der Waals surface area contributed by atoms with Crippen LogP contribution in [0.5, 0.6) is 11.5 Å². The predicted octanol–water partition coefficient (Wildman–Crippen LogP) is 7.53. The van der Waals surface area contributed by atoms with Gasteiger partial charge < -0.3 is 9.84 Å². The zero-order valence-electron chi connectivity index (χ0n) is 23.0. The summed E-state index contributed by atoms with van der Waals surface area (Å²) in [6.45, 7) is 23.3. The molecule has 0 heterocycles. The highest BCUT2D eigenvalue weighted by Crippen LogP contribution is 2.58. The molecule has 0 aromatic heterocycles. The summed E-state index contributed by atoms with van der Waals surface area (Å²) in [5.41, 5.74) is 0.714. The number of hydrogen-bond donors (Lipinski definition) is 2. The van der Waals surface area contributed by atoms with Crippen molar-refractivity contribution < 1.29 is 22.8 Å². The molecule has 0 aliphatic rings. The summed E-state index contributed by atoms with van der Waals surface area (Å²) >= 11 is 0. The molecule has 0 radical (unpaired) electrons. The average Bonchev–Trinajstić information content (AvgIpc) is 2.54. The molecule has 1 unspecified atom stereocenters. The van der Waals surface area contributed by atoms with Crippen LogP contribution in [0.4, 0.5) is 0 Å². The standard InChI is InChI=1S/C27H48O5S/c1-13-14-19-22(32-12)21(28)18(4)20(23(19)33(29,30)31)24(26(8,9)15-17(2)3)27(10,11)16-25(5,6)7/h17,24,28H,13-16H2,1-12H3,(H,29,30,31). The Hall–Kier alpha value is -1.27. The Bertz CT molecular complexity index is 934. The van der Waals surface area contributed by atoms with Gasteiger partial charge in [-0.1, -0.05) is 75.7 Å². The summed E-state index contributed by atoms with van der Waals surface area (Å²) in [4.78, 5) is -0.0830. The van der Waals surface area contributed by atoms with Gasteiger partial charge in [-0.15, -0.1) is 0 Å². The van der Waals surface area contributed by atoms with Crippen molar-refractivity contribution in [3.8, 4) is 11.5 Å². The molecule has 1 rings (SSSR count). The van der Waals surface area contributed by atoms with E-state index in [0.29, 0.717) is 35.4 Å². The maximum Gasteiger partial charge on any atom is 0.295 e. The Morgan fingerprint density at radius 3 is 1.88 bits per heavy atom. The highest BCUT2D eigenvalue weighted by molar-refractivity contribution is 7.86.